The van der Waals surface area contributed by atoms with Gasteiger partial charge in [0.05, 0.1) is 0 Å². The third kappa shape index (κ3) is 3.86. The Morgan fingerprint density at radius 3 is 2.62 bits per heavy atom. The zero-order valence-corrected chi connectivity index (χ0v) is 14.6. The molecule has 3 rings (SSSR count). The number of amides is 1. The first-order chi connectivity index (χ1) is 12.5. The minimum absolute atomic E-state index is 0.0782. The van der Waals surface area contributed by atoms with Gasteiger partial charge in [0.15, 0.2) is 0 Å². The third-order valence-corrected chi connectivity index (χ3v) is 4.68. The summed E-state index contributed by atoms with van der Waals surface area (Å²) in [5, 5.41) is 2.61. The quantitative estimate of drug-likeness (QED) is 0.755. The molecule has 0 radical (unpaired) electrons. The third-order valence-electron chi connectivity index (χ3n) is 4.35. The van der Waals surface area contributed by atoms with Crippen LogP contribution in [-0.4, -0.2) is 33.9 Å². The summed E-state index contributed by atoms with van der Waals surface area (Å²) in [5.41, 5.74) is -1.46. The van der Waals surface area contributed by atoms with Crippen LogP contribution in [0.5, 0.6) is 0 Å². The summed E-state index contributed by atoms with van der Waals surface area (Å²) in [4.78, 5) is 42.1. The number of aromatic nitrogens is 2. The first-order valence-electron chi connectivity index (χ1n) is 8.28. The molecule has 2 aromatic rings. The Morgan fingerprint density at radius 2 is 1.96 bits per heavy atom. The van der Waals surface area contributed by atoms with Gasteiger partial charge >= 0.3 is 5.69 Å². The number of aromatic amines is 2. The fourth-order valence-corrected chi connectivity index (χ4v) is 3.40. The summed E-state index contributed by atoms with van der Waals surface area (Å²) >= 11 is 6.18. The molecular weight excluding hydrogens is 363 g/mol. The number of nitrogens with one attached hydrogen (secondary N) is 3. The molecule has 1 amide bonds. The number of piperidine rings is 1. The van der Waals surface area contributed by atoms with Gasteiger partial charge in [0.2, 0.25) is 5.91 Å². The van der Waals surface area contributed by atoms with E-state index in [1.54, 1.807) is 0 Å². The highest BCUT2D eigenvalue weighted by molar-refractivity contribution is 6.31. The molecule has 1 aromatic heterocycles. The Balaban J connectivity index is 1.98. The van der Waals surface area contributed by atoms with Gasteiger partial charge in [-0.3, -0.25) is 19.5 Å². The second kappa shape index (κ2) is 7.84. The topological polar surface area (TPSA) is 98.1 Å². The number of nitrogens with zero attached hydrogens (tertiary/aromatic N) is 1. The average Bonchev–Trinajstić information content (AvgIpc) is 2.61. The number of hydrogen-bond acceptors (Lipinski definition) is 4. The van der Waals surface area contributed by atoms with E-state index in [0.717, 1.165) is 25.5 Å². The van der Waals surface area contributed by atoms with Crippen molar-refractivity contribution in [1.82, 2.24) is 14.9 Å². The zero-order valence-electron chi connectivity index (χ0n) is 13.9. The highest BCUT2D eigenvalue weighted by Crippen LogP contribution is 2.32. The lowest BCUT2D eigenvalue weighted by molar-refractivity contribution is -0.122. The van der Waals surface area contributed by atoms with Gasteiger partial charge in [0, 0.05) is 16.8 Å². The predicted octanol–water partition coefficient (Wildman–Crippen LogP) is 2.02. The molecule has 3 N–H and O–H groups in total. The maximum absolute atomic E-state index is 14.5. The molecule has 9 heteroatoms. The Bertz CT molecular complexity index is 900. The van der Waals surface area contributed by atoms with Crippen LogP contribution < -0.4 is 16.6 Å². The molecule has 1 unspecified atom stereocenters. The molecule has 1 saturated heterocycles. The fraction of sp³-hybridized carbons (Fsp3) is 0.353. The number of carbonyl (C=O) groups excluding carboxylic acids is 1. The Kier molecular flexibility index (Phi) is 5.53. The van der Waals surface area contributed by atoms with E-state index in [1.165, 1.54) is 18.2 Å². The van der Waals surface area contributed by atoms with Gasteiger partial charge in [-0.1, -0.05) is 24.1 Å². The molecule has 0 spiro atoms. The lowest BCUT2D eigenvalue weighted by atomic mass is 10.00. The number of halogens is 2. The summed E-state index contributed by atoms with van der Waals surface area (Å²) in [6.45, 7) is 1.23. The van der Waals surface area contributed by atoms with Crippen molar-refractivity contribution in [3.05, 3.63) is 61.6 Å². The molecule has 1 atom stereocenters. The van der Waals surface area contributed by atoms with E-state index in [2.05, 4.69) is 10.3 Å². The van der Waals surface area contributed by atoms with Gasteiger partial charge < -0.3 is 10.3 Å². The lowest BCUT2D eigenvalue weighted by Crippen LogP contribution is -2.41. The zero-order chi connectivity index (χ0) is 18.7. The highest BCUT2D eigenvalue weighted by Gasteiger charge is 2.33. The van der Waals surface area contributed by atoms with Crippen LogP contribution in [0.15, 0.2) is 34.0 Å². The summed E-state index contributed by atoms with van der Waals surface area (Å²) in [6.07, 6.45) is 3.91. The van der Waals surface area contributed by atoms with Crippen LogP contribution in [0.3, 0.4) is 0 Å². The normalized spacial score (nSPS) is 16.2. The summed E-state index contributed by atoms with van der Waals surface area (Å²) in [5.74, 6) is -1.17. The maximum atomic E-state index is 14.5. The molecule has 26 heavy (non-hydrogen) atoms. The molecule has 1 aliphatic heterocycles. The summed E-state index contributed by atoms with van der Waals surface area (Å²) < 4.78 is 14.5. The maximum Gasteiger partial charge on any atom is 0.325 e. The van der Waals surface area contributed by atoms with E-state index >= 15 is 0 Å². The van der Waals surface area contributed by atoms with Crippen LogP contribution in [0.2, 0.25) is 5.02 Å². The van der Waals surface area contributed by atoms with Crippen LogP contribution in [0, 0.1) is 5.82 Å². The molecular formula is C17H18ClFN4O3. The largest absolute Gasteiger partial charge is 0.325 e. The van der Waals surface area contributed by atoms with E-state index in [4.69, 9.17) is 11.6 Å². The van der Waals surface area contributed by atoms with Crippen molar-refractivity contribution in [2.75, 3.05) is 18.4 Å². The van der Waals surface area contributed by atoms with E-state index in [1.807, 2.05) is 9.88 Å². The van der Waals surface area contributed by atoms with Crippen molar-refractivity contribution in [2.45, 2.75) is 25.3 Å². The minimum Gasteiger partial charge on any atom is -0.319 e. The van der Waals surface area contributed by atoms with Gasteiger partial charge in [0.1, 0.15) is 17.5 Å². The van der Waals surface area contributed by atoms with Gasteiger partial charge in [-0.25, -0.2) is 9.18 Å². The fourth-order valence-electron chi connectivity index (χ4n) is 3.13. The number of carbonyl (C=O) groups is 1. The van der Waals surface area contributed by atoms with E-state index in [9.17, 15) is 18.8 Å². The van der Waals surface area contributed by atoms with Crippen molar-refractivity contribution in [3.63, 3.8) is 0 Å². The lowest BCUT2D eigenvalue weighted by Gasteiger charge is -2.34. The summed E-state index contributed by atoms with van der Waals surface area (Å²) in [7, 11) is 0. The number of rotatable bonds is 4. The van der Waals surface area contributed by atoms with Crippen molar-refractivity contribution in [3.8, 4) is 0 Å². The predicted molar refractivity (Wildman–Crippen MR) is 95.9 cm³/mol. The molecule has 138 valence electrons. The van der Waals surface area contributed by atoms with Crippen molar-refractivity contribution in [1.29, 1.82) is 0 Å². The van der Waals surface area contributed by atoms with Gasteiger partial charge in [0.25, 0.3) is 5.56 Å². The Labute approximate surface area is 153 Å². The van der Waals surface area contributed by atoms with Crippen molar-refractivity contribution >= 4 is 23.2 Å². The molecule has 1 aromatic carbocycles. The van der Waals surface area contributed by atoms with Crippen LogP contribution in [-0.2, 0) is 4.79 Å². The Hall–Kier alpha value is -2.45. The molecule has 1 aliphatic rings. The second-order valence-corrected chi connectivity index (χ2v) is 6.52. The number of benzene rings is 1. The van der Waals surface area contributed by atoms with Crippen molar-refractivity contribution in [2.24, 2.45) is 0 Å². The summed E-state index contributed by atoms with van der Waals surface area (Å²) in [6, 6.07) is 3.27. The van der Waals surface area contributed by atoms with E-state index in [-0.39, 0.29) is 16.3 Å². The molecule has 0 saturated carbocycles. The highest BCUT2D eigenvalue weighted by atomic mass is 35.5. The number of anilines is 1. The van der Waals surface area contributed by atoms with Crippen LogP contribution >= 0.6 is 11.6 Å². The van der Waals surface area contributed by atoms with Crippen LogP contribution in [0.1, 0.15) is 30.9 Å². The smallest absolute Gasteiger partial charge is 0.319 e. The number of H-pyrrole nitrogens is 2. The second-order valence-electron chi connectivity index (χ2n) is 6.11. The van der Waals surface area contributed by atoms with Crippen molar-refractivity contribution < 1.29 is 9.18 Å². The van der Waals surface area contributed by atoms with Crippen LogP contribution in [0.4, 0.5) is 10.1 Å². The van der Waals surface area contributed by atoms with Crippen LogP contribution in [0.25, 0.3) is 0 Å². The molecule has 1 fully saturated rings. The first kappa shape index (κ1) is 18.3. The van der Waals surface area contributed by atoms with Gasteiger partial charge in [-0.2, -0.15) is 0 Å². The SMILES string of the molecule is O=C(Nc1c[nH]c(=O)[nH]c1=O)C(c1c(F)cccc1Cl)N1CCCCC1. The average molecular weight is 381 g/mol. The first-order valence-corrected chi connectivity index (χ1v) is 8.66. The molecule has 0 bridgehead atoms. The van der Waals surface area contributed by atoms with E-state index in [0.29, 0.717) is 13.1 Å². The molecule has 7 nitrogen and oxygen atoms in total. The molecule has 0 aliphatic carbocycles. The van der Waals surface area contributed by atoms with E-state index < -0.39 is 29.0 Å². The minimum atomic E-state index is -0.977. The van der Waals surface area contributed by atoms with Gasteiger partial charge in [-0.15, -0.1) is 0 Å². The van der Waals surface area contributed by atoms with Gasteiger partial charge in [-0.05, 0) is 38.1 Å². The number of likely N-dealkylation sites (tertiary alicyclic amines) is 1. The monoisotopic (exact) mass is 380 g/mol. The Morgan fingerprint density at radius 1 is 1.23 bits per heavy atom. The number of hydrogen-bond donors (Lipinski definition) is 3. The standard InChI is InChI=1S/C17H18ClFN4O3/c18-10-5-4-6-11(19)13(10)14(23-7-2-1-3-8-23)16(25)21-12-9-20-17(26)22-15(12)24/h4-6,9,14H,1-3,7-8H2,(H,21,25)(H2,20,22,24,26). The molecule has 2 heterocycles.